The summed E-state index contributed by atoms with van der Waals surface area (Å²) in [6.45, 7) is 0. The van der Waals surface area contributed by atoms with Crippen molar-refractivity contribution in [2.24, 2.45) is 5.92 Å². The van der Waals surface area contributed by atoms with Gasteiger partial charge >= 0.3 is 0 Å². The number of fused-ring (bicyclic) bond motifs is 1. The molecule has 0 saturated heterocycles. The van der Waals surface area contributed by atoms with Gasteiger partial charge in [-0.05, 0) is 18.8 Å². The molecule has 4 nitrogen and oxygen atoms in total. The second-order valence-electron chi connectivity index (χ2n) is 5.20. The molecular weight excluding hydrogens is 226 g/mol. The van der Waals surface area contributed by atoms with Crippen molar-refractivity contribution in [1.82, 2.24) is 14.6 Å². The van der Waals surface area contributed by atoms with E-state index in [4.69, 9.17) is 0 Å². The second-order valence-corrected chi connectivity index (χ2v) is 5.20. The zero-order valence-corrected chi connectivity index (χ0v) is 10.5. The molecule has 1 atom stereocenters. The first-order valence-electron chi connectivity index (χ1n) is 6.81. The fraction of sp³-hybridized carbons (Fsp3) is 0.571. The third kappa shape index (κ3) is 2.12. The Hall–Kier alpha value is -1.42. The Kier molecular flexibility index (Phi) is 3.28. The quantitative estimate of drug-likeness (QED) is 0.828. The molecule has 2 heterocycles. The molecule has 0 amide bonds. The van der Waals surface area contributed by atoms with Gasteiger partial charge in [-0.15, -0.1) is 0 Å². The van der Waals surface area contributed by atoms with Gasteiger partial charge in [0.25, 0.3) is 0 Å². The van der Waals surface area contributed by atoms with E-state index in [0.29, 0.717) is 5.92 Å². The molecule has 18 heavy (non-hydrogen) atoms. The van der Waals surface area contributed by atoms with Crippen LogP contribution in [0.25, 0.3) is 5.52 Å². The summed E-state index contributed by atoms with van der Waals surface area (Å²) in [4.78, 5) is 4.12. The Morgan fingerprint density at radius 2 is 1.94 bits per heavy atom. The lowest BCUT2D eigenvalue weighted by Crippen LogP contribution is -2.11. The zero-order valence-electron chi connectivity index (χ0n) is 10.5. The topological polar surface area (TPSA) is 50.4 Å². The van der Waals surface area contributed by atoms with E-state index in [2.05, 4.69) is 10.1 Å². The van der Waals surface area contributed by atoms with Crippen molar-refractivity contribution in [2.45, 2.75) is 44.6 Å². The molecule has 1 unspecified atom stereocenters. The minimum atomic E-state index is -0.398. The van der Waals surface area contributed by atoms with Crippen LogP contribution in [0.1, 0.15) is 50.2 Å². The SMILES string of the molecule is OC(c1cnn2ccncc12)C1CCCCCC1. The van der Waals surface area contributed by atoms with Crippen molar-refractivity contribution in [3.05, 3.63) is 30.4 Å². The van der Waals surface area contributed by atoms with Crippen LogP contribution in [-0.4, -0.2) is 19.7 Å². The van der Waals surface area contributed by atoms with Crippen LogP contribution in [0.15, 0.2) is 24.8 Å². The van der Waals surface area contributed by atoms with Gasteiger partial charge in [0.15, 0.2) is 0 Å². The smallest absolute Gasteiger partial charge is 0.0903 e. The summed E-state index contributed by atoms with van der Waals surface area (Å²) in [6.07, 6.45) is 14.0. The van der Waals surface area contributed by atoms with Crippen LogP contribution >= 0.6 is 0 Å². The van der Waals surface area contributed by atoms with Crippen LogP contribution in [-0.2, 0) is 0 Å². The summed E-state index contributed by atoms with van der Waals surface area (Å²) in [7, 11) is 0. The number of aromatic nitrogens is 3. The van der Waals surface area contributed by atoms with Gasteiger partial charge in [0.05, 0.1) is 24.0 Å². The van der Waals surface area contributed by atoms with E-state index in [9.17, 15) is 5.11 Å². The molecule has 2 aromatic rings. The number of rotatable bonds is 2. The van der Waals surface area contributed by atoms with Crippen molar-refractivity contribution in [3.8, 4) is 0 Å². The normalized spacial score (nSPS) is 19.8. The Labute approximate surface area is 107 Å². The monoisotopic (exact) mass is 245 g/mol. The molecule has 0 bridgehead atoms. The van der Waals surface area contributed by atoms with Gasteiger partial charge < -0.3 is 5.11 Å². The van der Waals surface area contributed by atoms with Gasteiger partial charge in [-0.2, -0.15) is 5.10 Å². The summed E-state index contributed by atoms with van der Waals surface area (Å²) < 4.78 is 1.78. The Bertz CT molecular complexity index is 514. The Balaban J connectivity index is 1.88. The predicted octanol–water partition coefficient (Wildman–Crippen LogP) is 2.73. The molecule has 96 valence electrons. The van der Waals surface area contributed by atoms with Crippen molar-refractivity contribution in [3.63, 3.8) is 0 Å². The van der Waals surface area contributed by atoms with Gasteiger partial charge in [-0.1, -0.05) is 25.7 Å². The van der Waals surface area contributed by atoms with E-state index in [1.807, 2.05) is 6.20 Å². The maximum absolute atomic E-state index is 10.6. The average Bonchev–Trinajstić information content (AvgIpc) is 2.65. The summed E-state index contributed by atoms with van der Waals surface area (Å²) in [6, 6.07) is 0. The first-order valence-corrected chi connectivity index (χ1v) is 6.81. The van der Waals surface area contributed by atoms with Gasteiger partial charge in [-0.25, -0.2) is 4.52 Å². The number of hydrogen-bond acceptors (Lipinski definition) is 3. The lowest BCUT2D eigenvalue weighted by Gasteiger charge is -2.20. The van der Waals surface area contributed by atoms with Crippen molar-refractivity contribution in [1.29, 1.82) is 0 Å². The molecule has 0 aliphatic heterocycles. The van der Waals surface area contributed by atoms with E-state index in [-0.39, 0.29) is 0 Å². The van der Waals surface area contributed by atoms with E-state index in [0.717, 1.165) is 23.9 Å². The van der Waals surface area contributed by atoms with Gasteiger partial charge in [0.2, 0.25) is 0 Å². The molecule has 4 heteroatoms. The average molecular weight is 245 g/mol. The summed E-state index contributed by atoms with van der Waals surface area (Å²) >= 11 is 0. The molecule has 1 N–H and O–H groups in total. The highest BCUT2D eigenvalue weighted by atomic mass is 16.3. The highest BCUT2D eigenvalue weighted by Gasteiger charge is 2.24. The summed E-state index contributed by atoms with van der Waals surface area (Å²) in [5, 5.41) is 14.9. The molecule has 1 fully saturated rings. The minimum absolute atomic E-state index is 0.376. The standard InChI is InChI=1S/C14H19N3O/c18-14(11-5-3-1-2-4-6-11)12-9-16-17-8-7-15-10-13(12)17/h7-11,14,18H,1-6H2. The number of hydrogen-bond donors (Lipinski definition) is 1. The number of aliphatic hydroxyl groups is 1. The summed E-state index contributed by atoms with van der Waals surface area (Å²) in [5.74, 6) is 0.376. The lowest BCUT2D eigenvalue weighted by molar-refractivity contribution is 0.100. The molecule has 1 saturated carbocycles. The van der Waals surface area contributed by atoms with Gasteiger partial charge in [0.1, 0.15) is 0 Å². The molecule has 3 rings (SSSR count). The largest absolute Gasteiger partial charge is 0.388 e. The second kappa shape index (κ2) is 5.06. The third-order valence-electron chi connectivity index (χ3n) is 4.02. The van der Waals surface area contributed by atoms with Gasteiger partial charge in [-0.3, -0.25) is 4.98 Å². The van der Waals surface area contributed by atoms with Crippen LogP contribution in [0.4, 0.5) is 0 Å². The third-order valence-corrected chi connectivity index (χ3v) is 4.02. The van der Waals surface area contributed by atoms with E-state index < -0.39 is 6.10 Å². The maximum Gasteiger partial charge on any atom is 0.0903 e. The van der Waals surface area contributed by atoms with Crippen molar-refractivity contribution >= 4 is 5.52 Å². The fourth-order valence-electron chi connectivity index (χ4n) is 2.96. The predicted molar refractivity (Wildman–Crippen MR) is 69.1 cm³/mol. The maximum atomic E-state index is 10.6. The number of nitrogens with zero attached hydrogens (tertiary/aromatic N) is 3. The first kappa shape index (κ1) is 11.7. The van der Waals surface area contributed by atoms with Crippen LogP contribution in [0.5, 0.6) is 0 Å². The first-order chi connectivity index (χ1) is 8.86. The molecule has 2 aromatic heterocycles. The van der Waals surface area contributed by atoms with Crippen LogP contribution in [0.2, 0.25) is 0 Å². The van der Waals surface area contributed by atoms with E-state index >= 15 is 0 Å². The fourth-order valence-corrected chi connectivity index (χ4v) is 2.96. The zero-order chi connectivity index (χ0) is 12.4. The van der Waals surface area contributed by atoms with E-state index in [1.54, 1.807) is 23.1 Å². The minimum Gasteiger partial charge on any atom is -0.388 e. The lowest BCUT2D eigenvalue weighted by atomic mass is 9.90. The number of aliphatic hydroxyl groups excluding tert-OH is 1. The van der Waals surface area contributed by atoms with Crippen molar-refractivity contribution < 1.29 is 5.11 Å². The van der Waals surface area contributed by atoms with Crippen LogP contribution < -0.4 is 0 Å². The molecule has 0 aromatic carbocycles. The summed E-state index contributed by atoms with van der Waals surface area (Å²) in [5.41, 5.74) is 1.85. The molecule has 1 aliphatic rings. The van der Waals surface area contributed by atoms with Crippen molar-refractivity contribution in [2.75, 3.05) is 0 Å². The Morgan fingerprint density at radius 3 is 2.72 bits per heavy atom. The van der Waals surface area contributed by atoms with Crippen LogP contribution in [0.3, 0.4) is 0 Å². The molecule has 0 radical (unpaired) electrons. The molecule has 1 aliphatic carbocycles. The molecular formula is C14H19N3O. The highest BCUT2D eigenvalue weighted by Crippen LogP contribution is 2.34. The Morgan fingerprint density at radius 1 is 1.17 bits per heavy atom. The molecule has 0 spiro atoms. The highest BCUT2D eigenvalue weighted by molar-refractivity contribution is 5.52. The van der Waals surface area contributed by atoms with Gasteiger partial charge in [0, 0.05) is 18.0 Å². The van der Waals surface area contributed by atoms with E-state index in [1.165, 1.54) is 25.7 Å². The van der Waals surface area contributed by atoms with Crippen LogP contribution in [0, 0.1) is 5.92 Å².